The highest BCUT2D eigenvalue weighted by Crippen LogP contribution is 2.35. The normalized spacial score (nSPS) is 13.1. The Morgan fingerprint density at radius 1 is 1.10 bits per heavy atom. The summed E-state index contributed by atoms with van der Waals surface area (Å²) >= 11 is 1.67. The molecular weight excluding hydrogens is 290 g/mol. The summed E-state index contributed by atoms with van der Waals surface area (Å²) in [5, 5.41) is 0.252. The van der Waals surface area contributed by atoms with Crippen molar-refractivity contribution in [3.05, 3.63) is 54.1 Å². The van der Waals surface area contributed by atoms with Gasteiger partial charge < -0.3 is 5.73 Å². The van der Waals surface area contributed by atoms with Crippen LogP contribution in [0.5, 0.6) is 0 Å². The molecule has 0 spiro atoms. The average molecular weight is 307 g/mol. The van der Waals surface area contributed by atoms with E-state index in [9.17, 15) is 8.42 Å². The van der Waals surface area contributed by atoms with Gasteiger partial charge in [-0.05, 0) is 48.9 Å². The molecular formula is C15H17NO2S2. The molecule has 1 atom stereocenters. The monoisotopic (exact) mass is 307 g/mol. The van der Waals surface area contributed by atoms with Gasteiger partial charge in [0, 0.05) is 22.1 Å². The van der Waals surface area contributed by atoms with E-state index < -0.39 is 9.84 Å². The molecule has 0 fully saturated rings. The smallest absolute Gasteiger partial charge is 0.175 e. The second kappa shape index (κ2) is 5.89. The maximum absolute atomic E-state index is 11.4. The summed E-state index contributed by atoms with van der Waals surface area (Å²) in [6, 6.07) is 14.8. The van der Waals surface area contributed by atoms with Gasteiger partial charge in [0.05, 0.1) is 4.90 Å². The van der Waals surface area contributed by atoms with Crippen molar-refractivity contribution < 1.29 is 8.42 Å². The first-order valence-corrected chi connectivity index (χ1v) is 8.95. The van der Waals surface area contributed by atoms with Crippen molar-refractivity contribution in [2.24, 2.45) is 0 Å². The van der Waals surface area contributed by atoms with Crippen LogP contribution < -0.4 is 5.73 Å². The summed E-state index contributed by atoms with van der Waals surface area (Å²) in [6.07, 6.45) is 1.21. The minimum Gasteiger partial charge on any atom is -0.399 e. The summed E-state index contributed by atoms with van der Waals surface area (Å²) < 4.78 is 22.8. The predicted molar refractivity (Wildman–Crippen MR) is 84.7 cm³/mol. The number of nitrogen functional groups attached to an aromatic ring is 1. The molecule has 2 aromatic carbocycles. The van der Waals surface area contributed by atoms with Gasteiger partial charge in [-0.1, -0.05) is 12.1 Å². The number of hydrogen-bond donors (Lipinski definition) is 1. The highest BCUT2D eigenvalue weighted by atomic mass is 32.2. The molecule has 0 bridgehead atoms. The first-order chi connectivity index (χ1) is 9.36. The van der Waals surface area contributed by atoms with E-state index >= 15 is 0 Å². The number of thioether (sulfide) groups is 1. The Morgan fingerprint density at radius 3 is 2.30 bits per heavy atom. The molecule has 2 rings (SSSR count). The van der Waals surface area contributed by atoms with Crippen molar-refractivity contribution in [2.75, 3.05) is 12.0 Å². The summed E-state index contributed by atoms with van der Waals surface area (Å²) in [4.78, 5) is 1.38. The molecule has 0 aliphatic carbocycles. The Balaban J connectivity index is 2.14. The van der Waals surface area contributed by atoms with Crippen molar-refractivity contribution in [3.8, 4) is 0 Å². The largest absolute Gasteiger partial charge is 0.399 e. The Labute approximate surface area is 124 Å². The van der Waals surface area contributed by atoms with Gasteiger partial charge >= 0.3 is 0 Å². The number of hydrogen-bond acceptors (Lipinski definition) is 4. The lowest BCUT2D eigenvalue weighted by atomic mass is 10.1. The van der Waals surface area contributed by atoms with Gasteiger partial charge in [0.2, 0.25) is 0 Å². The fourth-order valence-electron chi connectivity index (χ4n) is 1.85. The molecule has 0 saturated heterocycles. The van der Waals surface area contributed by atoms with E-state index in [0.717, 1.165) is 16.1 Å². The molecule has 0 aliphatic rings. The number of sulfone groups is 1. The van der Waals surface area contributed by atoms with Gasteiger partial charge in [0.1, 0.15) is 0 Å². The summed E-state index contributed by atoms with van der Waals surface area (Å²) in [7, 11) is -3.13. The molecule has 2 aromatic rings. The van der Waals surface area contributed by atoms with Crippen LogP contribution in [-0.2, 0) is 9.84 Å². The van der Waals surface area contributed by atoms with E-state index in [1.165, 1.54) is 6.26 Å². The van der Waals surface area contributed by atoms with Crippen LogP contribution in [0.25, 0.3) is 0 Å². The van der Waals surface area contributed by atoms with Gasteiger partial charge in [0.15, 0.2) is 9.84 Å². The average Bonchev–Trinajstić information content (AvgIpc) is 2.38. The van der Waals surface area contributed by atoms with Crippen molar-refractivity contribution in [1.29, 1.82) is 0 Å². The summed E-state index contributed by atoms with van der Waals surface area (Å²) in [6.45, 7) is 2.10. The maximum Gasteiger partial charge on any atom is 0.175 e. The van der Waals surface area contributed by atoms with E-state index in [0.29, 0.717) is 4.90 Å². The van der Waals surface area contributed by atoms with Gasteiger partial charge in [0.25, 0.3) is 0 Å². The Bertz CT molecular complexity index is 694. The molecule has 106 valence electrons. The lowest BCUT2D eigenvalue weighted by Crippen LogP contribution is -1.96. The lowest BCUT2D eigenvalue weighted by molar-refractivity contribution is 0.602. The fourth-order valence-corrected chi connectivity index (χ4v) is 3.46. The zero-order chi connectivity index (χ0) is 14.8. The molecule has 5 heteroatoms. The van der Waals surface area contributed by atoms with Crippen LogP contribution in [-0.4, -0.2) is 14.7 Å². The number of anilines is 1. The van der Waals surface area contributed by atoms with E-state index in [1.807, 2.05) is 36.4 Å². The lowest BCUT2D eigenvalue weighted by Gasteiger charge is -2.12. The van der Waals surface area contributed by atoms with E-state index in [4.69, 9.17) is 5.73 Å². The van der Waals surface area contributed by atoms with Gasteiger partial charge in [-0.15, -0.1) is 11.8 Å². The Kier molecular flexibility index (Phi) is 4.40. The molecule has 20 heavy (non-hydrogen) atoms. The first-order valence-electron chi connectivity index (χ1n) is 6.18. The van der Waals surface area contributed by atoms with Crippen LogP contribution in [0.4, 0.5) is 5.69 Å². The fraction of sp³-hybridized carbons (Fsp3) is 0.200. The molecule has 3 nitrogen and oxygen atoms in total. The number of rotatable bonds is 4. The zero-order valence-corrected chi connectivity index (χ0v) is 13.0. The second-order valence-electron chi connectivity index (χ2n) is 4.67. The summed E-state index contributed by atoms with van der Waals surface area (Å²) in [5.74, 6) is 0. The SMILES string of the molecule is CC(Sc1ccc(S(C)(=O)=O)cc1)c1cccc(N)c1. The Morgan fingerprint density at radius 2 is 1.75 bits per heavy atom. The van der Waals surface area contributed by atoms with Crippen LogP contribution >= 0.6 is 11.8 Å². The van der Waals surface area contributed by atoms with Crippen molar-refractivity contribution in [1.82, 2.24) is 0 Å². The van der Waals surface area contributed by atoms with Crippen LogP contribution in [0.3, 0.4) is 0 Å². The minimum absolute atomic E-state index is 0.252. The first kappa shape index (κ1) is 14.9. The van der Waals surface area contributed by atoms with Crippen LogP contribution in [0, 0.1) is 0 Å². The van der Waals surface area contributed by atoms with E-state index in [2.05, 4.69) is 6.92 Å². The van der Waals surface area contributed by atoms with Crippen LogP contribution in [0.15, 0.2) is 58.3 Å². The molecule has 0 saturated carbocycles. The summed E-state index contributed by atoms with van der Waals surface area (Å²) in [5.41, 5.74) is 7.69. The maximum atomic E-state index is 11.4. The Hall–Kier alpha value is -1.46. The molecule has 0 aromatic heterocycles. The van der Waals surface area contributed by atoms with Crippen molar-refractivity contribution in [3.63, 3.8) is 0 Å². The third-order valence-corrected chi connectivity index (χ3v) is 5.24. The molecule has 0 radical (unpaired) electrons. The molecule has 0 heterocycles. The highest BCUT2D eigenvalue weighted by molar-refractivity contribution is 7.99. The predicted octanol–water partition coefficient (Wildman–Crippen LogP) is 3.53. The van der Waals surface area contributed by atoms with Crippen LogP contribution in [0.2, 0.25) is 0 Å². The van der Waals surface area contributed by atoms with Crippen LogP contribution in [0.1, 0.15) is 17.7 Å². The van der Waals surface area contributed by atoms with Crippen molar-refractivity contribution in [2.45, 2.75) is 22.0 Å². The molecule has 0 aliphatic heterocycles. The quantitative estimate of drug-likeness (QED) is 0.693. The van der Waals surface area contributed by atoms with Gasteiger partial charge in [-0.25, -0.2) is 8.42 Å². The number of nitrogens with two attached hydrogens (primary N) is 1. The van der Waals surface area contributed by atoms with E-state index in [1.54, 1.807) is 23.9 Å². The van der Waals surface area contributed by atoms with Crippen molar-refractivity contribution >= 4 is 27.3 Å². The third-order valence-electron chi connectivity index (χ3n) is 2.94. The van der Waals surface area contributed by atoms with Gasteiger partial charge in [-0.3, -0.25) is 0 Å². The van der Waals surface area contributed by atoms with Gasteiger partial charge in [-0.2, -0.15) is 0 Å². The molecule has 0 amide bonds. The second-order valence-corrected chi connectivity index (χ2v) is 8.10. The number of benzene rings is 2. The minimum atomic E-state index is -3.13. The zero-order valence-electron chi connectivity index (χ0n) is 11.4. The standard InChI is InChI=1S/C15H17NO2S2/c1-11(12-4-3-5-13(16)10-12)19-14-6-8-15(9-7-14)20(2,17)18/h3-11H,16H2,1-2H3. The third kappa shape index (κ3) is 3.77. The molecule has 2 N–H and O–H groups in total. The van der Waals surface area contributed by atoms with E-state index in [-0.39, 0.29) is 5.25 Å². The molecule has 1 unspecified atom stereocenters. The topological polar surface area (TPSA) is 60.2 Å². The highest BCUT2D eigenvalue weighted by Gasteiger charge is 2.10.